The fourth-order valence-electron chi connectivity index (χ4n) is 2.91. The molecule has 1 N–H and O–H groups in total. The van der Waals surface area contributed by atoms with Crippen LogP contribution in [-0.4, -0.2) is 47.1 Å². The minimum Gasteiger partial charge on any atom is -0.453 e. The molecule has 8 heteroatoms. The van der Waals surface area contributed by atoms with Crippen molar-refractivity contribution in [1.82, 2.24) is 9.88 Å². The van der Waals surface area contributed by atoms with Gasteiger partial charge in [0.2, 0.25) is 0 Å². The number of amides is 1. The number of anilines is 1. The summed E-state index contributed by atoms with van der Waals surface area (Å²) in [6.45, 7) is 1.26. The van der Waals surface area contributed by atoms with Crippen LogP contribution in [0.15, 0.2) is 30.3 Å². The average Bonchev–Trinajstić information content (AvgIpc) is 2.60. The Morgan fingerprint density at radius 2 is 2.25 bits per heavy atom. The number of nitrogens with one attached hydrogen (secondary N) is 1. The van der Waals surface area contributed by atoms with Gasteiger partial charge in [0, 0.05) is 36.7 Å². The van der Waals surface area contributed by atoms with E-state index >= 15 is 0 Å². The lowest BCUT2D eigenvalue weighted by molar-refractivity contribution is -0.384. The molecule has 0 spiro atoms. The number of pyridine rings is 1. The Labute approximate surface area is 138 Å². The van der Waals surface area contributed by atoms with Gasteiger partial charge in [0.15, 0.2) is 0 Å². The summed E-state index contributed by atoms with van der Waals surface area (Å²) in [6.07, 6.45) is 1.51. The number of hydrogen-bond acceptors (Lipinski definition) is 6. The number of methoxy groups -OCH3 is 1. The Hall–Kier alpha value is -2.90. The normalized spacial score (nSPS) is 17.5. The lowest BCUT2D eigenvalue weighted by atomic mass is 10.1. The number of aromatic nitrogens is 1. The summed E-state index contributed by atoms with van der Waals surface area (Å²) in [5.74, 6) is 0.688. The maximum atomic E-state index is 11.6. The molecular weight excluding hydrogens is 312 g/mol. The van der Waals surface area contributed by atoms with Crippen LogP contribution in [0.25, 0.3) is 10.9 Å². The van der Waals surface area contributed by atoms with E-state index in [4.69, 9.17) is 4.74 Å². The molecule has 1 aromatic heterocycles. The highest BCUT2D eigenvalue weighted by Gasteiger charge is 2.24. The second-order valence-corrected chi connectivity index (χ2v) is 5.73. The molecule has 1 aliphatic heterocycles. The lowest BCUT2D eigenvalue weighted by Crippen LogP contribution is -2.45. The molecule has 0 bridgehead atoms. The first-order valence-electron chi connectivity index (χ1n) is 7.71. The number of ether oxygens (including phenoxy) is 1. The first-order chi connectivity index (χ1) is 11.6. The Morgan fingerprint density at radius 3 is 3.00 bits per heavy atom. The van der Waals surface area contributed by atoms with Crippen LogP contribution < -0.4 is 5.32 Å². The standard InChI is InChI=1S/C16H18N4O4/c1-24-16(21)19-8-2-3-12(10-19)17-15-7-4-11-9-13(20(22)23)5-6-14(11)18-15/h4-7,9,12H,2-3,8,10H2,1H3,(H,17,18). The molecule has 1 unspecified atom stereocenters. The van der Waals surface area contributed by atoms with Crippen molar-refractivity contribution in [2.45, 2.75) is 18.9 Å². The summed E-state index contributed by atoms with van der Waals surface area (Å²) in [5, 5.41) is 14.9. The SMILES string of the molecule is COC(=O)N1CCCC(Nc2ccc3cc([N+](=O)[O-])ccc3n2)C1. The van der Waals surface area contributed by atoms with E-state index < -0.39 is 4.92 Å². The average molecular weight is 330 g/mol. The van der Waals surface area contributed by atoms with E-state index in [-0.39, 0.29) is 17.8 Å². The van der Waals surface area contributed by atoms with Crippen LogP contribution in [0, 0.1) is 10.1 Å². The third-order valence-electron chi connectivity index (χ3n) is 4.09. The van der Waals surface area contributed by atoms with Gasteiger partial charge in [0.1, 0.15) is 5.82 Å². The van der Waals surface area contributed by atoms with Crippen LogP contribution in [0.3, 0.4) is 0 Å². The first kappa shape index (κ1) is 16.0. The van der Waals surface area contributed by atoms with Crippen molar-refractivity contribution in [2.75, 3.05) is 25.5 Å². The molecule has 1 aliphatic rings. The van der Waals surface area contributed by atoms with Gasteiger partial charge in [-0.2, -0.15) is 0 Å². The Bertz CT molecular complexity index is 780. The van der Waals surface area contributed by atoms with Crippen molar-refractivity contribution in [3.63, 3.8) is 0 Å². The number of piperidine rings is 1. The molecule has 1 amide bonds. The topological polar surface area (TPSA) is 97.6 Å². The number of non-ortho nitro benzene ring substituents is 1. The number of benzene rings is 1. The van der Waals surface area contributed by atoms with Crippen LogP contribution in [0.2, 0.25) is 0 Å². The van der Waals surface area contributed by atoms with Gasteiger partial charge >= 0.3 is 6.09 Å². The molecule has 126 valence electrons. The molecule has 2 aromatic rings. The van der Waals surface area contributed by atoms with Crippen molar-refractivity contribution in [2.24, 2.45) is 0 Å². The second kappa shape index (κ2) is 6.69. The molecule has 1 atom stereocenters. The number of rotatable bonds is 3. The molecule has 0 radical (unpaired) electrons. The number of carbonyl (C=O) groups is 1. The lowest BCUT2D eigenvalue weighted by Gasteiger charge is -2.32. The first-order valence-corrected chi connectivity index (χ1v) is 7.71. The van der Waals surface area contributed by atoms with Crippen molar-refractivity contribution in [3.05, 3.63) is 40.4 Å². The predicted octanol–water partition coefficient (Wildman–Crippen LogP) is 2.79. The maximum Gasteiger partial charge on any atom is 0.409 e. The zero-order chi connectivity index (χ0) is 17.1. The summed E-state index contributed by atoms with van der Waals surface area (Å²) >= 11 is 0. The summed E-state index contributed by atoms with van der Waals surface area (Å²) in [5.41, 5.74) is 0.734. The van der Waals surface area contributed by atoms with Crippen LogP contribution in [0.1, 0.15) is 12.8 Å². The van der Waals surface area contributed by atoms with Crippen molar-refractivity contribution in [1.29, 1.82) is 0 Å². The largest absolute Gasteiger partial charge is 0.453 e. The molecule has 24 heavy (non-hydrogen) atoms. The fourth-order valence-corrected chi connectivity index (χ4v) is 2.91. The molecule has 2 heterocycles. The van der Waals surface area contributed by atoms with Gasteiger partial charge < -0.3 is 15.0 Å². The molecular formula is C16H18N4O4. The minimum atomic E-state index is -0.422. The van der Waals surface area contributed by atoms with E-state index in [1.165, 1.54) is 19.2 Å². The zero-order valence-electron chi connectivity index (χ0n) is 13.3. The number of nitro benzene ring substituents is 1. The van der Waals surface area contributed by atoms with E-state index in [9.17, 15) is 14.9 Å². The highest BCUT2D eigenvalue weighted by atomic mass is 16.6. The summed E-state index contributed by atoms with van der Waals surface area (Å²) in [4.78, 5) is 28.2. The molecule has 8 nitrogen and oxygen atoms in total. The van der Waals surface area contributed by atoms with E-state index in [0.717, 1.165) is 18.2 Å². The number of fused-ring (bicyclic) bond motifs is 1. The third kappa shape index (κ3) is 3.37. The highest BCUT2D eigenvalue weighted by molar-refractivity contribution is 5.82. The second-order valence-electron chi connectivity index (χ2n) is 5.73. The minimum absolute atomic E-state index is 0.0472. The Balaban J connectivity index is 1.74. The highest BCUT2D eigenvalue weighted by Crippen LogP contribution is 2.22. The number of nitrogens with zero attached hydrogens (tertiary/aromatic N) is 3. The molecule has 1 fully saturated rings. The molecule has 3 rings (SSSR count). The summed E-state index contributed by atoms with van der Waals surface area (Å²) in [6, 6.07) is 8.28. The Morgan fingerprint density at radius 1 is 1.42 bits per heavy atom. The van der Waals surface area contributed by atoms with Gasteiger partial charge in [-0.05, 0) is 31.0 Å². The van der Waals surface area contributed by atoms with Gasteiger partial charge in [0.25, 0.3) is 5.69 Å². The van der Waals surface area contributed by atoms with E-state index in [2.05, 4.69) is 10.3 Å². The van der Waals surface area contributed by atoms with E-state index in [1.54, 1.807) is 23.1 Å². The predicted molar refractivity (Wildman–Crippen MR) is 89.0 cm³/mol. The smallest absolute Gasteiger partial charge is 0.409 e. The molecule has 1 aromatic carbocycles. The monoisotopic (exact) mass is 330 g/mol. The van der Waals surface area contributed by atoms with Gasteiger partial charge in [0.05, 0.1) is 17.5 Å². The molecule has 0 aliphatic carbocycles. The van der Waals surface area contributed by atoms with Crippen LogP contribution >= 0.6 is 0 Å². The van der Waals surface area contributed by atoms with E-state index in [0.29, 0.717) is 24.4 Å². The van der Waals surface area contributed by atoms with Gasteiger partial charge in [-0.1, -0.05) is 0 Å². The summed E-state index contributed by atoms with van der Waals surface area (Å²) in [7, 11) is 1.38. The number of likely N-dealkylation sites (tertiary alicyclic amines) is 1. The van der Waals surface area contributed by atoms with E-state index in [1.807, 2.05) is 0 Å². The zero-order valence-corrected chi connectivity index (χ0v) is 13.3. The van der Waals surface area contributed by atoms with Crippen molar-refractivity contribution in [3.8, 4) is 0 Å². The number of nitro groups is 1. The molecule has 1 saturated heterocycles. The maximum absolute atomic E-state index is 11.6. The summed E-state index contributed by atoms with van der Waals surface area (Å²) < 4.78 is 4.76. The van der Waals surface area contributed by atoms with Crippen LogP contribution in [0.4, 0.5) is 16.3 Å². The van der Waals surface area contributed by atoms with Gasteiger partial charge in [-0.25, -0.2) is 9.78 Å². The van der Waals surface area contributed by atoms with Crippen molar-refractivity contribution < 1.29 is 14.5 Å². The number of hydrogen-bond donors (Lipinski definition) is 1. The quantitative estimate of drug-likeness (QED) is 0.686. The third-order valence-corrected chi connectivity index (χ3v) is 4.09. The molecule has 0 saturated carbocycles. The Kier molecular flexibility index (Phi) is 4.45. The van der Waals surface area contributed by atoms with Crippen molar-refractivity contribution >= 4 is 28.5 Å². The van der Waals surface area contributed by atoms with Crippen LogP contribution in [0.5, 0.6) is 0 Å². The van der Waals surface area contributed by atoms with Gasteiger partial charge in [-0.15, -0.1) is 0 Å². The van der Waals surface area contributed by atoms with Crippen LogP contribution in [-0.2, 0) is 4.74 Å². The fraction of sp³-hybridized carbons (Fsp3) is 0.375. The number of carbonyl (C=O) groups excluding carboxylic acids is 1. The van der Waals surface area contributed by atoms with Gasteiger partial charge in [-0.3, -0.25) is 10.1 Å².